The normalized spacial score (nSPS) is 11.4. The van der Waals surface area contributed by atoms with Crippen LogP contribution in [0, 0.1) is 0 Å². The first-order valence-electron chi connectivity index (χ1n) is 6.69. The number of carbonyl (C=O) groups is 3. The lowest BCUT2D eigenvalue weighted by Crippen LogP contribution is -2.42. The molecule has 1 aromatic carbocycles. The van der Waals surface area contributed by atoms with Gasteiger partial charge in [-0.05, 0) is 12.0 Å². The summed E-state index contributed by atoms with van der Waals surface area (Å²) in [5.41, 5.74) is 0.835. The lowest BCUT2D eigenvalue weighted by Gasteiger charge is -2.16. The van der Waals surface area contributed by atoms with Crippen molar-refractivity contribution in [3.05, 3.63) is 35.9 Å². The molecule has 0 heterocycles. The zero-order valence-electron chi connectivity index (χ0n) is 12.2. The van der Waals surface area contributed by atoms with Gasteiger partial charge in [0.15, 0.2) is 0 Å². The van der Waals surface area contributed by atoms with Crippen molar-refractivity contribution in [3.8, 4) is 0 Å². The second kappa shape index (κ2) is 9.94. The number of benzene rings is 1. The second-order valence-corrected chi connectivity index (χ2v) is 5.05. The van der Waals surface area contributed by atoms with E-state index in [0.717, 1.165) is 5.56 Å². The molecule has 1 amide bonds. The maximum atomic E-state index is 11.7. The molecule has 1 unspecified atom stereocenters. The number of hydrogen-bond acceptors (Lipinski definition) is 5. The van der Waals surface area contributed by atoms with Crippen molar-refractivity contribution in [2.24, 2.45) is 0 Å². The van der Waals surface area contributed by atoms with Crippen LogP contribution >= 0.6 is 15.9 Å². The first-order valence-corrected chi connectivity index (χ1v) is 7.81. The van der Waals surface area contributed by atoms with E-state index >= 15 is 0 Å². The van der Waals surface area contributed by atoms with Crippen LogP contribution in [-0.2, 0) is 25.7 Å². The monoisotopic (exact) mass is 371 g/mol. The highest BCUT2D eigenvalue weighted by Gasteiger charge is 2.22. The molecule has 0 aliphatic carbocycles. The van der Waals surface area contributed by atoms with Gasteiger partial charge in [0.2, 0.25) is 0 Å². The highest BCUT2D eigenvalue weighted by atomic mass is 79.9. The summed E-state index contributed by atoms with van der Waals surface area (Å²) < 4.78 is 9.64. The molecule has 1 atom stereocenters. The smallest absolute Gasteiger partial charge is 0.408 e. The molecule has 1 N–H and O–H groups in total. The summed E-state index contributed by atoms with van der Waals surface area (Å²) in [7, 11) is 1.22. The Hall–Kier alpha value is -1.89. The maximum absolute atomic E-state index is 11.7. The summed E-state index contributed by atoms with van der Waals surface area (Å²) >= 11 is 3.04. The number of alkyl carbamates (subject to hydrolysis) is 1. The predicted molar refractivity (Wildman–Crippen MR) is 83.6 cm³/mol. The Kier molecular flexibility index (Phi) is 8.21. The number of hydrogen-bond donors (Lipinski definition) is 1. The van der Waals surface area contributed by atoms with Crippen LogP contribution in [0.25, 0.3) is 0 Å². The molecule has 22 heavy (non-hydrogen) atoms. The number of rotatable bonds is 8. The van der Waals surface area contributed by atoms with Gasteiger partial charge in [-0.3, -0.25) is 4.79 Å². The van der Waals surface area contributed by atoms with Crippen LogP contribution in [0.4, 0.5) is 4.79 Å². The van der Waals surface area contributed by atoms with E-state index in [1.807, 2.05) is 30.3 Å². The van der Waals surface area contributed by atoms with E-state index in [9.17, 15) is 14.4 Å². The van der Waals surface area contributed by atoms with E-state index in [1.165, 1.54) is 7.11 Å². The zero-order valence-corrected chi connectivity index (χ0v) is 13.8. The molecule has 0 saturated carbocycles. The second-order valence-electron chi connectivity index (χ2n) is 4.49. The van der Waals surface area contributed by atoms with Crippen molar-refractivity contribution in [2.75, 3.05) is 12.4 Å². The molecule has 0 aromatic heterocycles. The number of methoxy groups -OCH3 is 1. The SMILES string of the molecule is COC(=O)C(CCC(=O)CBr)NC(=O)OCc1ccccc1. The summed E-state index contributed by atoms with van der Waals surface area (Å²) in [6.45, 7) is 0.0981. The molecule has 0 saturated heterocycles. The molecule has 1 rings (SSSR count). The summed E-state index contributed by atoms with van der Waals surface area (Å²) in [5.74, 6) is -0.674. The fourth-order valence-corrected chi connectivity index (χ4v) is 1.95. The Morgan fingerprint density at radius 1 is 1.23 bits per heavy atom. The number of ether oxygens (including phenoxy) is 2. The van der Waals surface area contributed by atoms with Gasteiger partial charge in [0.1, 0.15) is 18.4 Å². The number of alkyl halides is 1. The van der Waals surface area contributed by atoms with Gasteiger partial charge in [0.25, 0.3) is 0 Å². The van der Waals surface area contributed by atoms with Crippen molar-refractivity contribution in [2.45, 2.75) is 25.5 Å². The molecular weight excluding hydrogens is 354 g/mol. The summed E-state index contributed by atoms with van der Waals surface area (Å²) in [4.78, 5) is 34.6. The minimum Gasteiger partial charge on any atom is -0.467 e. The van der Waals surface area contributed by atoms with Crippen molar-refractivity contribution in [1.82, 2.24) is 5.32 Å². The molecule has 0 aliphatic rings. The largest absolute Gasteiger partial charge is 0.467 e. The minimum atomic E-state index is -0.906. The first kappa shape index (κ1) is 18.2. The molecule has 0 aliphatic heterocycles. The number of halogens is 1. The van der Waals surface area contributed by atoms with Gasteiger partial charge in [-0.15, -0.1) is 0 Å². The van der Waals surface area contributed by atoms with E-state index in [2.05, 4.69) is 26.0 Å². The van der Waals surface area contributed by atoms with Crippen molar-refractivity contribution >= 4 is 33.8 Å². The highest BCUT2D eigenvalue weighted by Crippen LogP contribution is 2.05. The van der Waals surface area contributed by atoms with Crippen LogP contribution in [0.5, 0.6) is 0 Å². The lowest BCUT2D eigenvalue weighted by molar-refractivity contribution is -0.143. The average molecular weight is 372 g/mol. The average Bonchev–Trinajstić information content (AvgIpc) is 2.56. The zero-order chi connectivity index (χ0) is 16.4. The molecule has 0 bridgehead atoms. The Balaban J connectivity index is 2.48. The van der Waals surface area contributed by atoms with E-state index in [1.54, 1.807) is 0 Å². The standard InChI is InChI=1S/C15H18BrNO5/c1-21-14(19)13(8-7-12(18)9-16)17-15(20)22-10-11-5-3-2-4-6-11/h2-6,13H,7-10H2,1H3,(H,17,20). The number of nitrogens with one attached hydrogen (secondary N) is 1. The Morgan fingerprint density at radius 3 is 2.50 bits per heavy atom. The molecule has 6 nitrogen and oxygen atoms in total. The summed E-state index contributed by atoms with van der Waals surface area (Å²) in [5, 5.41) is 2.62. The van der Waals surface area contributed by atoms with Gasteiger partial charge in [0, 0.05) is 6.42 Å². The van der Waals surface area contributed by atoms with Crippen LogP contribution in [0.2, 0.25) is 0 Å². The third-order valence-corrected chi connectivity index (χ3v) is 3.48. The minimum absolute atomic E-state index is 0.0617. The third kappa shape index (κ3) is 6.71. The molecule has 0 spiro atoms. The molecule has 0 fully saturated rings. The van der Waals surface area contributed by atoms with Gasteiger partial charge in [0.05, 0.1) is 12.4 Å². The maximum Gasteiger partial charge on any atom is 0.408 e. The Bertz CT molecular complexity index is 506. The predicted octanol–water partition coefficient (Wildman–Crippen LogP) is 2.20. The van der Waals surface area contributed by atoms with Crippen molar-refractivity contribution in [1.29, 1.82) is 0 Å². The third-order valence-electron chi connectivity index (χ3n) is 2.85. The van der Waals surface area contributed by atoms with Crippen LogP contribution in [0.1, 0.15) is 18.4 Å². The van der Waals surface area contributed by atoms with Crippen LogP contribution in [-0.4, -0.2) is 36.3 Å². The van der Waals surface area contributed by atoms with E-state index in [4.69, 9.17) is 4.74 Å². The molecule has 1 aromatic rings. The van der Waals surface area contributed by atoms with Gasteiger partial charge in [-0.1, -0.05) is 46.3 Å². The molecule has 7 heteroatoms. The number of ketones is 1. The molecule has 120 valence electrons. The number of Topliss-reactive ketones (excluding diaryl/α,β-unsaturated/α-hetero) is 1. The summed E-state index contributed by atoms with van der Waals surface area (Å²) in [6, 6.07) is 8.26. The number of amides is 1. The van der Waals surface area contributed by atoms with Crippen LogP contribution < -0.4 is 5.32 Å². The topological polar surface area (TPSA) is 81.7 Å². The van der Waals surface area contributed by atoms with Gasteiger partial charge >= 0.3 is 12.1 Å². The van der Waals surface area contributed by atoms with Gasteiger partial charge < -0.3 is 14.8 Å². The van der Waals surface area contributed by atoms with Gasteiger partial charge in [-0.25, -0.2) is 9.59 Å². The van der Waals surface area contributed by atoms with Crippen molar-refractivity contribution in [3.63, 3.8) is 0 Å². The fourth-order valence-electron chi connectivity index (χ4n) is 1.67. The number of esters is 1. The van der Waals surface area contributed by atoms with E-state index < -0.39 is 18.1 Å². The Morgan fingerprint density at radius 2 is 1.91 bits per heavy atom. The Labute approximate surface area is 137 Å². The van der Waals surface area contributed by atoms with Crippen molar-refractivity contribution < 1.29 is 23.9 Å². The molecular formula is C15H18BrNO5. The summed E-state index contributed by atoms with van der Waals surface area (Å²) in [6.07, 6.45) is -0.410. The van der Waals surface area contributed by atoms with E-state index in [-0.39, 0.29) is 30.6 Å². The van der Waals surface area contributed by atoms with Crippen LogP contribution in [0.15, 0.2) is 30.3 Å². The van der Waals surface area contributed by atoms with Crippen LogP contribution in [0.3, 0.4) is 0 Å². The first-order chi connectivity index (χ1) is 10.6. The van der Waals surface area contributed by atoms with Gasteiger partial charge in [-0.2, -0.15) is 0 Å². The molecule has 0 radical (unpaired) electrons. The van der Waals surface area contributed by atoms with E-state index in [0.29, 0.717) is 0 Å². The quantitative estimate of drug-likeness (QED) is 0.559. The fraction of sp³-hybridized carbons (Fsp3) is 0.400. The lowest BCUT2D eigenvalue weighted by atomic mass is 10.1. The highest BCUT2D eigenvalue weighted by molar-refractivity contribution is 9.09. The number of carbonyl (C=O) groups excluding carboxylic acids is 3.